The van der Waals surface area contributed by atoms with Gasteiger partial charge in [-0.1, -0.05) is 22.9 Å². The van der Waals surface area contributed by atoms with Crippen molar-refractivity contribution < 1.29 is 4.79 Å². The molecule has 0 atom stereocenters. The van der Waals surface area contributed by atoms with E-state index in [0.717, 1.165) is 22.1 Å². The lowest BCUT2D eigenvalue weighted by molar-refractivity contribution is 0.100. The molecule has 0 aliphatic carbocycles. The number of primary amides is 1. The van der Waals surface area contributed by atoms with Crippen molar-refractivity contribution in [2.75, 3.05) is 11.1 Å². The number of carbonyl (C=O) groups excluding carboxylic acids is 1. The van der Waals surface area contributed by atoms with E-state index in [0.29, 0.717) is 5.82 Å². The summed E-state index contributed by atoms with van der Waals surface area (Å²) in [5.74, 6) is -0.0375. The van der Waals surface area contributed by atoms with Crippen molar-refractivity contribution >= 4 is 39.0 Å². The Morgan fingerprint density at radius 2 is 2.15 bits per heavy atom. The van der Waals surface area contributed by atoms with Crippen LogP contribution in [-0.4, -0.2) is 10.9 Å². The lowest BCUT2D eigenvalue weighted by Crippen LogP contribution is -2.14. The fraction of sp³-hybridized carbons (Fsp3) is 0.143. The number of carbonyl (C=O) groups is 1. The standard InChI is InChI=1S/C14H15BrN4O/c1-2-8-5-9(15)3-4-12(8)19-13-6-10(14(17)20)11(16)7-18-13/h3-7H,2,16H2,1H3,(H2,17,20)(H,18,19). The number of rotatable bonds is 4. The Kier molecular flexibility index (Phi) is 4.24. The first kappa shape index (κ1) is 14.3. The Morgan fingerprint density at radius 3 is 2.80 bits per heavy atom. The Balaban J connectivity index is 2.35. The third-order valence-electron chi connectivity index (χ3n) is 2.91. The van der Waals surface area contributed by atoms with Crippen molar-refractivity contribution in [3.8, 4) is 0 Å². The van der Waals surface area contributed by atoms with Gasteiger partial charge in [-0.25, -0.2) is 4.98 Å². The number of nitrogens with two attached hydrogens (primary N) is 2. The molecule has 0 bridgehead atoms. The van der Waals surface area contributed by atoms with E-state index in [1.807, 2.05) is 18.2 Å². The molecule has 1 aromatic heterocycles. The first-order chi connectivity index (χ1) is 9.51. The van der Waals surface area contributed by atoms with Crippen LogP contribution in [0.1, 0.15) is 22.8 Å². The van der Waals surface area contributed by atoms with Crippen LogP contribution in [0, 0.1) is 0 Å². The van der Waals surface area contributed by atoms with Crippen molar-refractivity contribution in [3.05, 3.63) is 46.1 Å². The molecule has 0 aliphatic rings. The number of halogens is 1. The first-order valence-electron chi connectivity index (χ1n) is 6.12. The monoisotopic (exact) mass is 334 g/mol. The second-order valence-corrected chi connectivity index (χ2v) is 5.22. The number of aryl methyl sites for hydroxylation is 1. The summed E-state index contributed by atoms with van der Waals surface area (Å²) < 4.78 is 1.02. The summed E-state index contributed by atoms with van der Waals surface area (Å²) in [5.41, 5.74) is 13.5. The number of aromatic nitrogens is 1. The van der Waals surface area contributed by atoms with Crippen LogP contribution in [0.2, 0.25) is 0 Å². The van der Waals surface area contributed by atoms with E-state index < -0.39 is 5.91 Å². The Bertz CT molecular complexity index is 658. The minimum Gasteiger partial charge on any atom is -0.397 e. The number of amides is 1. The van der Waals surface area contributed by atoms with Gasteiger partial charge in [0.05, 0.1) is 17.4 Å². The topological polar surface area (TPSA) is 94.0 Å². The maximum atomic E-state index is 11.3. The zero-order valence-electron chi connectivity index (χ0n) is 11.0. The largest absolute Gasteiger partial charge is 0.397 e. The van der Waals surface area contributed by atoms with Crippen LogP contribution in [0.3, 0.4) is 0 Å². The van der Waals surface area contributed by atoms with Crippen LogP contribution in [-0.2, 0) is 6.42 Å². The number of hydrogen-bond acceptors (Lipinski definition) is 4. The molecule has 0 fully saturated rings. The van der Waals surface area contributed by atoms with Gasteiger partial charge in [-0.15, -0.1) is 0 Å². The fourth-order valence-electron chi connectivity index (χ4n) is 1.86. The Morgan fingerprint density at radius 1 is 1.40 bits per heavy atom. The van der Waals surface area contributed by atoms with Crippen LogP contribution >= 0.6 is 15.9 Å². The molecule has 0 aliphatic heterocycles. The number of hydrogen-bond donors (Lipinski definition) is 3. The van der Waals surface area contributed by atoms with Gasteiger partial charge < -0.3 is 16.8 Å². The van der Waals surface area contributed by atoms with Crippen LogP contribution in [0.5, 0.6) is 0 Å². The van der Waals surface area contributed by atoms with E-state index in [1.165, 1.54) is 6.20 Å². The van der Waals surface area contributed by atoms with Crippen LogP contribution in [0.25, 0.3) is 0 Å². The summed E-state index contributed by atoms with van der Waals surface area (Å²) >= 11 is 3.44. The van der Waals surface area contributed by atoms with Crippen molar-refractivity contribution in [2.24, 2.45) is 5.73 Å². The highest BCUT2D eigenvalue weighted by atomic mass is 79.9. The molecule has 2 aromatic rings. The van der Waals surface area contributed by atoms with E-state index >= 15 is 0 Å². The van der Waals surface area contributed by atoms with E-state index in [9.17, 15) is 4.79 Å². The summed E-state index contributed by atoms with van der Waals surface area (Å²) in [4.78, 5) is 15.4. The third kappa shape index (κ3) is 3.08. The molecule has 0 unspecified atom stereocenters. The highest BCUT2D eigenvalue weighted by Crippen LogP contribution is 2.25. The van der Waals surface area contributed by atoms with Gasteiger partial charge in [-0.3, -0.25) is 4.79 Å². The maximum Gasteiger partial charge on any atom is 0.250 e. The van der Waals surface area contributed by atoms with E-state index in [4.69, 9.17) is 11.5 Å². The molecule has 104 valence electrons. The van der Waals surface area contributed by atoms with Gasteiger partial charge >= 0.3 is 0 Å². The fourth-order valence-corrected chi connectivity index (χ4v) is 2.27. The molecule has 2 rings (SSSR count). The quantitative estimate of drug-likeness (QED) is 0.801. The van der Waals surface area contributed by atoms with Gasteiger partial charge in [0.2, 0.25) is 0 Å². The van der Waals surface area contributed by atoms with Crippen LogP contribution < -0.4 is 16.8 Å². The summed E-state index contributed by atoms with van der Waals surface area (Å²) in [6.07, 6.45) is 2.30. The molecule has 0 saturated heterocycles. The third-order valence-corrected chi connectivity index (χ3v) is 3.40. The molecule has 20 heavy (non-hydrogen) atoms. The van der Waals surface area contributed by atoms with E-state index in [1.54, 1.807) is 6.07 Å². The van der Waals surface area contributed by atoms with Gasteiger partial charge in [0, 0.05) is 10.2 Å². The second kappa shape index (κ2) is 5.92. The smallest absolute Gasteiger partial charge is 0.250 e. The van der Waals surface area contributed by atoms with E-state index in [-0.39, 0.29) is 11.3 Å². The molecule has 1 aromatic carbocycles. The number of pyridine rings is 1. The number of anilines is 3. The lowest BCUT2D eigenvalue weighted by Gasteiger charge is -2.12. The van der Waals surface area contributed by atoms with Crippen LogP contribution in [0.15, 0.2) is 34.9 Å². The van der Waals surface area contributed by atoms with E-state index in [2.05, 4.69) is 33.2 Å². The van der Waals surface area contributed by atoms with Crippen molar-refractivity contribution in [1.82, 2.24) is 4.98 Å². The predicted molar refractivity (Wildman–Crippen MR) is 84.0 cm³/mol. The van der Waals surface area contributed by atoms with Crippen molar-refractivity contribution in [2.45, 2.75) is 13.3 Å². The lowest BCUT2D eigenvalue weighted by atomic mass is 10.1. The molecule has 1 heterocycles. The average Bonchev–Trinajstić information content (AvgIpc) is 2.42. The Hall–Kier alpha value is -2.08. The number of nitrogens with one attached hydrogen (secondary N) is 1. The van der Waals surface area contributed by atoms with Crippen molar-refractivity contribution in [3.63, 3.8) is 0 Å². The molecule has 5 nitrogen and oxygen atoms in total. The number of benzene rings is 1. The van der Waals surface area contributed by atoms with Gasteiger partial charge in [0.15, 0.2) is 0 Å². The van der Waals surface area contributed by atoms with Crippen LogP contribution in [0.4, 0.5) is 17.2 Å². The Labute approximate surface area is 125 Å². The zero-order valence-corrected chi connectivity index (χ0v) is 12.6. The summed E-state index contributed by atoms with van der Waals surface area (Å²) in [7, 11) is 0. The van der Waals surface area contributed by atoms with Crippen molar-refractivity contribution in [1.29, 1.82) is 0 Å². The molecule has 1 amide bonds. The van der Waals surface area contributed by atoms with Gasteiger partial charge in [-0.2, -0.15) is 0 Å². The highest BCUT2D eigenvalue weighted by molar-refractivity contribution is 9.10. The molecule has 0 radical (unpaired) electrons. The maximum absolute atomic E-state index is 11.3. The molecule has 5 N–H and O–H groups in total. The first-order valence-corrected chi connectivity index (χ1v) is 6.91. The normalized spacial score (nSPS) is 10.3. The van der Waals surface area contributed by atoms with Gasteiger partial charge in [-0.05, 0) is 36.2 Å². The number of nitrogens with zero attached hydrogens (tertiary/aromatic N) is 1. The van der Waals surface area contributed by atoms with Gasteiger partial charge in [0.1, 0.15) is 5.82 Å². The molecule has 0 saturated carbocycles. The minimum atomic E-state index is -0.570. The SMILES string of the molecule is CCc1cc(Br)ccc1Nc1cc(C(N)=O)c(N)cn1. The second-order valence-electron chi connectivity index (χ2n) is 4.30. The number of nitrogen functional groups attached to an aromatic ring is 1. The molecular weight excluding hydrogens is 320 g/mol. The summed E-state index contributed by atoms with van der Waals surface area (Å²) in [5, 5.41) is 3.18. The van der Waals surface area contributed by atoms with Gasteiger partial charge in [0.25, 0.3) is 5.91 Å². The highest BCUT2D eigenvalue weighted by Gasteiger charge is 2.09. The molecular formula is C14H15BrN4O. The predicted octanol–water partition coefficient (Wildman–Crippen LogP) is 2.83. The summed E-state index contributed by atoms with van der Waals surface area (Å²) in [6.45, 7) is 2.07. The average molecular weight is 335 g/mol. The molecule has 0 spiro atoms. The summed E-state index contributed by atoms with van der Waals surface area (Å²) in [6, 6.07) is 7.48. The minimum absolute atomic E-state index is 0.262. The molecule has 6 heteroatoms. The zero-order chi connectivity index (χ0) is 14.7.